The van der Waals surface area contributed by atoms with E-state index in [-0.39, 0.29) is 18.4 Å². The predicted octanol–water partition coefficient (Wildman–Crippen LogP) is 4.22. The first-order valence-corrected chi connectivity index (χ1v) is 10.9. The SMILES string of the molecule is O=C(CCCCC1CCSS1)NCC(=O)Nc1ccc(Br)cc1. The number of rotatable bonds is 8. The zero-order valence-corrected chi connectivity index (χ0v) is 16.1. The molecule has 7 heteroatoms. The van der Waals surface area contributed by atoms with Gasteiger partial charge in [0, 0.05) is 27.6 Å². The molecule has 0 aromatic heterocycles. The Morgan fingerprint density at radius 2 is 1.96 bits per heavy atom. The van der Waals surface area contributed by atoms with E-state index in [1.165, 1.54) is 18.6 Å². The molecular weight excluding hydrogens is 396 g/mol. The molecule has 1 unspecified atom stereocenters. The van der Waals surface area contributed by atoms with Gasteiger partial charge in [-0.1, -0.05) is 43.9 Å². The first-order valence-electron chi connectivity index (χ1n) is 7.74. The van der Waals surface area contributed by atoms with Gasteiger partial charge < -0.3 is 10.6 Å². The molecule has 1 atom stereocenters. The monoisotopic (exact) mass is 416 g/mol. The minimum atomic E-state index is -0.208. The molecule has 1 aromatic rings. The lowest BCUT2D eigenvalue weighted by Crippen LogP contribution is -2.32. The Labute approximate surface area is 153 Å². The second kappa shape index (κ2) is 10.3. The van der Waals surface area contributed by atoms with Gasteiger partial charge in [0.15, 0.2) is 0 Å². The van der Waals surface area contributed by atoms with Gasteiger partial charge >= 0.3 is 0 Å². The van der Waals surface area contributed by atoms with Gasteiger partial charge in [-0.15, -0.1) is 0 Å². The van der Waals surface area contributed by atoms with Crippen LogP contribution in [0.5, 0.6) is 0 Å². The Morgan fingerprint density at radius 3 is 2.65 bits per heavy atom. The van der Waals surface area contributed by atoms with Gasteiger partial charge in [0.05, 0.1) is 6.54 Å². The molecule has 23 heavy (non-hydrogen) atoms. The van der Waals surface area contributed by atoms with Crippen LogP contribution in [0.25, 0.3) is 0 Å². The van der Waals surface area contributed by atoms with Gasteiger partial charge in [-0.05, 0) is 43.5 Å². The Morgan fingerprint density at radius 1 is 1.17 bits per heavy atom. The van der Waals surface area contributed by atoms with E-state index in [1.54, 1.807) is 0 Å². The first-order chi connectivity index (χ1) is 11.1. The highest BCUT2D eigenvalue weighted by molar-refractivity contribution is 9.10. The van der Waals surface area contributed by atoms with Gasteiger partial charge in [-0.3, -0.25) is 9.59 Å². The van der Waals surface area contributed by atoms with Crippen LogP contribution in [0, 0.1) is 0 Å². The summed E-state index contributed by atoms with van der Waals surface area (Å²) in [6, 6.07) is 7.33. The highest BCUT2D eigenvalue weighted by Gasteiger charge is 2.15. The van der Waals surface area contributed by atoms with E-state index in [1.807, 2.05) is 45.9 Å². The van der Waals surface area contributed by atoms with E-state index < -0.39 is 0 Å². The van der Waals surface area contributed by atoms with Crippen molar-refractivity contribution in [2.24, 2.45) is 0 Å². The fraction of sp³-hybridized carbons (Fsp3) is 0.500. The van der Waals surface area contributed by atoms with Crippen LogP contribution in [-0.2, 0) is 9.59 Å². The fourth-order valence-electron chi connectivity index (χ4n) is 2.23. The normalized spacial score (nSPS) is 17.0. The summed E-state index contributed by atoms with van der Waals surface area (Å²) in [4.78, 5) is 23.5. The van der Waals surface area contributed by atoms with Crippen molar-refractivity contribution in [3.05, 3.63) is 28.7 Å². The summed E-state index contributed by atoms with van der Waals surface area (Å²) in [5.74, 6) is 0.994. The molecule has 0 bridgehead atoms. The van der Waals surface area contributed by atoms with Gasteiger partial charge in [0.1, 0.15) is 0 Å². The first kappa shape index (κ1) is 18.7. The number of anilines is 1. The van der Waals surface area contributed by atoms with E-state index in [2.05, 4.69) is 26.6 Å². The molecule has 4 nitrogen and oxygen atoms in total. The Kier molecular flexibility index (Phi) is 8.33. The zero-order chi connectivity index (χ0) is 16.5. The average molecular weight is 417 g/mol. The summed E-state index contributed by atoms with van der Waals surface area (Å²) in [6.07, 6.45) is 4.95. The maximum absolute atomic E-state index is 11.8. The molecular formula is C16H21BrN2O2S2. The van der Waals surface area contributed by atoms with Crippen LogP contribution < -0.4 is 10.6 Å². The second-order valence-corrected chi connectivity index (χ2v) is 9.11. The lowest BCUT2D eigenvalue weighted by Gasteiger charge is -2.08. The molecule has 0 spiro atoms. The topological polar surface area (TPSA) is 58.2 Å². The molecule has 1 saturated heterocycles. The van der Waals surface area contributed by atoms with E-state index >= 15 is 0 Å². The van der Waals surface area contributed by atoms with Crippen LogP contribution in [0.1, 0.15) is 32.1 Å². The van der Waals surface area contributed by atoms with E-state index in [9.17, 15) is 9.59 Å². The quantitative estimate of drug-likeness (QED) is 0.491. The van der Waals surface area contributed by atoms with E-state index in [4.69, 9.17) is 0 Å². The number of unbranched alkanes of at least 4 members (excludes halogenated alkanes) is 1. The number of halogens is 1. The number of hydrogen-bond acceptors (Lipinski definition) is 4. The molecule has 2 amide bonds. The molecule has 0 saturated carbocycles. The summed E-state index contributed by atoms with van der Waals surface area (Å²) >= 11 is 3.34. The zero-order valence-electron chi connectivity index (χ0n) is 12.8. The van der Waals surface area contributed by atoms with E-state index in [0.717, 1.165) is 28.3 Å². The van der Waals surface area contributed by atoms with Crippen molar-refractivity contribution >= 4 is 55.0 Å². The summed E-state index contributed by atoms with van der Waals surface area (Å²) in [7, 11) is 3.93. The van der Waals surface area contributed by atoms with Crippen LogP contribution in [0.4, 0.5) is 5.69 Å². The number of carbonyl (C=O) groups excluding carboxylic acids is 2. The molecule has 1 aliphatic rings. The molecule has 1 fully saturated rings. The smallest absolute Gasteiger partial charge is 0.243 e. The Balaban J connectivity index is 1.54. The second-order valence-electron chi connectivity index (χ2n) is 5.41. The van der Waals surface area contributed by atoms with Gasteiger partial charge in [0.25, 0.3) is 0 Å². The summed E-state index contributed by atoms with van der Waals surface area (Å²) < 4.78 is 0.957. The number of nitrogens with one attached hydrogen (secondary N) is 2. The van der Waals surface area contributed by atoms with Crippen molar-refractivity contribution in [1.29, 1.82) is 0 Å². The maximum Gasteiger partial charge on any atom is 0.243 e. The summed E-state index contributed by atoms with van der Waals surface area (Å²) in [6.45, 7) is 0.0179. The van der Waals surface area contributed by atoms with Gasteiger partial charge in [-0.25, -0.2) is 0 Å². The third kappa shape index (κ3) is 7.63. The Bertz CT molecular complexity index is 519. The number of carbonyl (C=O) groups is 2. The minimum absolute atomic E-state index is 0.0179. The third-order valence-corrected chi connectivity index (χ3v) is 7.02. The van der Waals surface area contributed by atoms with Crippen LogP contribution in [0.3, 0.4) is 0 Å². The highest BCUT2D eigenvalue weighted by atomic mass is 79.9. The molecule has 1 aromatic carbocycles. The molecule has 2 rings (SSSR count). The van der Waals surface area contributed by atoms with Crippen molar-refractivity contribution in [1.82, 2.24) is 5.32 Å². The lowest BCUT2D eigenvalue weighted by atomic mass is 10.1. The molecule has 1 aliphatic heterocycles. The van der Waals surface area contributed by atoms with E-state index in [0.29, 0.717) is 6.42 Å². The summed E-state index contributed by atoms with van der Waals surface area (Å²) in [5.41, 5.74) is 0.722. The van der Waals surface area contributed by atoms with Crippen molar-refractivity contribution in [3.63, 3.8) is 0 Å². The average Bonchev–Trinajstić information content (AvgIpc) is 3.05. The third-order valence-electron chi connectivity index (χ3n) is 3.48. The predicted molar refractivity (Wildman–Crippen MR) is 103 cm³/mol. The highest BCUT2D eigenvalue weighted by Crippen LogP contribution is 2.39. The lowest BCUT2D eigenvalue weighted by molar-refractivity contribution is -0.124. The molecule has 126 valence electrons. The minimum Gasteiger partial charge on any atom is -0.347 e. The maximum atomic E-state index is 11.8. The van der Waals surface area contributed by atoms with Crippen LogP contribution >= 0.6 is 37.5 Å². The molecule has 0 radical (unpaired) electrons. The number of hydrogen-bond donors (Lipinski definition) is 2. The van der Waals surface area contributed by atoms with Crippen LogP contribution in [0.2, 0.25) is 0 Å². The Hall–Kier alpha value is -0.660. The fourth-order valence-corrected chi connectivity index (χ4v) is 5.52. The number of amides is 2. The molecule has 0 aliphatic carbocycles. The van der Waals surface area contributed by atoms with Crippen molar-refractivity contribution in [2.75, 3.05) is 17.6 Å². The summed E-state index contributed by atoms with van der Waals surface area (Å²) in [5, 5.41) is 6.19. The molecule has 1 heterocycles. The van der Waals surface area contributed by atoms with Crippen molar-refractivity contribution in [3.8, 4) is 0 Å². The van der Waals surface area contributed by atoms with Crippen molar-refractivity contribution < 1.29 is 9.59 Å². The van der Waals surface area contributed by atoms with Gasteiger partial charge in [-0.2, -0.15) is 0 Å². The van der Waals surface area contributed by atoms with Crippen LogP contribution in [0.15, 0.2) is 28.7 Å². The van der Waals surface area contributed by atoms with Crippen LogP contribution in [-0.4, -0.2) is 29.4 Å². The van der Waals surface area contributed by atoms with Gasteiger partial charge in [0.2, 0.25) is 11.8 Å². The molecule has 2 N–H and O–H groups in total. The largest absolute Gasteiger partial charge is 0.347 e. The van der Waals surface area contributed by atoms with Crippen molar-refractivity contribution in [2.45, 2.75) is 37.4 Å². The number of benzene rings is 1. The standard InChI is InChI=1S/C16H21BrN2O2S2/c17-12-5-7-13(8-6-12)19-16(21)11-18-15(20)4-2-1-3-14-9-10-22-23-14/h5-8,14H,1-4,9-11H2,(H,18,20)(H,19,21).